The van der Waals surface area contributed by atoms with Gasteiger partial charge in [0, 0.05) is 16.1 Å². The van der Waals surface area contributed by atoms with Crippen LogP contribution in [0.4, 0.5) is 15.6 Å². The van der Waals surface area contributed by atoms with Crippen molar-refractivity contribution in [2.24, 2.45) is 10.7 Å². The molecule has 2 aromatic rings. The van der Waals surface area contributed by atoms with Crippen molar-refractivity contribution in [2.75, 3.05) is 5.32 Å². The van der Waals surface area contributed by atoms with Gasteiger partial charge in [-0.25, -0.2) is 9.78 Å². The lowest BCUT2D eigenvalue weighted by atomic mass is 10.3. The maximum atomic E-state index is 11.7. The van der Waals surface area contributed by atoms with E-state index in [2.05, 4.69) is 20.6 Å². The predicted molar refractivity (Wildman–Crippen MR) is 81.7 cm³/mol. The first-order chi connectivity index (χ1) is 9.52. The van der Waals surface area contributed by atoms with E-state index in [-0.39, 0.29) is 5.96 Å². The molecular weight excluding hydrogens is 298 g/mol. The fourth-order valence-electron chi connectivity index (χ4n) is 1.37. The number of aryl methyl sites for hydroxylation is 1. The van der Waals surface area contributed by atoms with Gasteiger partial charge in [-0.05, 0) is 25.1 Å². The molecule has 2 amide bonds. The Morgan fingerprint density at radius 2 is 2.30 bits per heavy atom. The van der Waals surface area contributed by atoms with E-state index >= 15 is 0 Å². The molecule has 0 radical (unpaired) electrons. The minimum absolute atomic E-state index is 0.0288. The summed E-state index contributed by atoms with van der Waals surface area (Å²) < 4.78 is 0. The van der Waals surface area contributed by atoms with Crippen LogP contribution in [0.1, 0.15) is 5.69 Å². The lowest BCUT2D eigenvalue weighted by Crippen LogP contribution is -2.39. The van der Waals surface area contributed by atoms with Crippen molar-refractivity contribution < 1.29 is 4.79 Å². The van der Waals surface area contributed by atoms with E-state index in [1.54, 1.807) is 24.3 Å². The van der Waals surface area contributed by atoms with Gasteiger partial charge in [0.05, 0.1) is 5.69 Å². The Balaban J connectivity index is 1.96. The summed E-state index contributed by atoms with van der Waals surface area (Å²) in [5.41, 5.74) is 7.03. The van der Waals surface area contributed by atoms with Crippen LogP contribution in [0.2, 0.25) is 5.02 Å². The number of thiazole rings is 1. The summed E-state index contributed by atoms with van der Waals surface area (Å²) in [6.07, 6.45) is 0. The molecule has 0 spiro atoms. The zero-order valence-electron chi connectivity index (χ0n) is 10.6. The molecule has 0 saturated carbocycles. The Hall–Kier alpha value is -2.12. The number of aliphatic imine (C=N–C) groups is 1. The number of nitrogens with two attached hydrogens (primary N) is 1. The zero-order valence-corrected chi connectivity index (χ0v) is 12.1. The topological polar surface area (TPSA) is 92.4 Å². The summed E-state index contributed by atoms with van der Waals surface area (Å²) in [6.45, 7) is 1.85. The van der Waals surface area contributed by atoms with Crippen LogP contribution in [-0.2, 0) is 0 Å². The van der Waals surface area contributed by atoms with E-state index in [1.807, 2.05) is 12.3 Å². The fraction of sp³-hybridized carbons (Fsp3) is 0.0833. The van der Waals surface area contributed by atoms with Crippen LogP contribution in [0.25, 0.3) is 0 Å². The smallest absolute Gasteiger partial charge is 0.325 e. The first-order valence-electron chi connectivity index (χ1n) is 5.63. The van der Waals surface area contributed by atoms with Gasteiger partial charge < -0.3 is 11.1 Å². The summed E-state index contributed by atoms with van der Waals surface area (Å²) in [6, 6.07) is 6.28. The maximum absolute atomic E-state index is 11.7. The molecule has 0 atom stereocenters. The quantitative estimate of drug-likeness (QED) is 0.588. The number of hydrogen-bond acceptors (Lipinski definition) is 4. The first-order valence-corrected chi connectivity index (χ1v) is 6.88. The van der Waals surface area contributed by atoms with Crippen molar-refractivity contribution in [1.82, 2.24) is 10.3 Å². The molecule has 1 aromatic heterocycles. The normalized spacial score (nSPS) is 11.2. The third-order valence-corrected chi connectivity index (χ3v) is 3.23. The number of guanidine groups is 1. The lowest BCUT2D eigenvalue weighted by molar-refractivity contribution is 0.256. The van der Waals surface area contributed by atoms with E-state index in [0.717, 1.165) is 5.69 Å². The summed E-state index contributed by atoms with van der Waals surface area (Å²) in [4.78, 5) is 19.8. The van der Waals surface area contributed by atoms with Crippen molar-refractivity contribution >= 4 is 45.7 Å². The van der Waals surface area contributed by atoms with Gasteiger partial charge in [-0.2, -0.15) is 4.99 Å². The number of nitrogens with one attached hydrogen (secondary N) is 2. The first kappa shape index (κ1) is 14.3. The molecule has 2 rings (SSSR count). The standard InChI is InChI=1S/C12H12ClN5OS/c1-7-6-20-12(15-7)18-10(14)17-11(19)16-9-4-2-3-8(13)5-9/h2-6H,1H3,(H4,14,15,16,17,18,19). The Morgan fingerprint density at radius 1 is 1.50 bits per heavy atom. The number of carbonyl (C=O) groups excluding carboxylic acids is 1. The van der Waals surface area contributed by atoms with E-state index in [4.69, 9.17) is 17.3 Å². The minimum Gasteiger partial charge on any atom is -0.369 e. The third kappa shape index (κ3) is 4.22. The van der Waals surface area contributed by atoms with Crippen LogP contribution >= 0.6 is 22.9 Å². The molecule has 0 aliphatic carbocycles. The third-order valence-electron chi connectivity index (χ3n) is 2.15. The number of hydrogen-bond donors (Lipinski definition) is 3. The van der Waals surface area contributed by atoms with Gasteiger partial charge in [0.1, 0.15) is 0 Å². The number of halogens is 1. The highest BCUT2D eigenvalue weighted by Crippen LogP contribution is 2.17. The molecule has 0 saturated heterocycles. The van der Waals surface area contributed by atoms with E-state index < -0.39 is 6.03 Å². The number of rotatable bonds is 2. The molecule has 1 aromatic carbocycles. The number of anilines is 1. The molecule has 104 valence electrons. The fourth-order valence-corrected chi connectivity index (χ4v) is 2.24. The second-order valence-corrected chi connectivity index (χ2v) is 5.13. The highest BCUT2D eigenvalue weighted by atomic mass is 35.5. The predicted octanol–water partition coefficient (Wildman–Crippen LogP) is 2.87. The second kappa shape index (κ2) is 6.36. The van der Waals surface area contributed by atoms with Gasteiger partial charge in [-0.1, -0.05) is 17.7 Å². The Morgan fingerprint density at radius 3 is 2.95 bits per heavy atom. The summed E-state index contributed by atoms with van der Waals surface area (Å²) in [7, 11) is 0. The Kier molecular flexibility index (Phi) is 4.54. The van der Waals surface area contributed by atoms with Crippen LogP contribution < -0.4 is 16.4 Å². The summed E-state index contributed by atoms with van der Waals surface area (Å²) in [5.74, 6) is -0.0288. The number of nitrogens with zero attached hydrogens (tertiary/aromatic N) is 2. The molecular formula is C12H12ClN5OS. The van der Waals surface area contributed by atoms with Crippen molar-refractivity contribution in [3.63, 3.8) is 0 Å². The van der Waals surface area contributed by atoms with E-state index in [1.165, 1.54) is 11.3 Å². The lowest BCUT2D eigenvalue weighted by Gasteiger charge is -2.06. The van der Waals surface area contributed by atoms with Crippen LogP contribution in [-0.4, -0.2) is 17.0 Å². The van der Waals surface area contributed by atoms with Gasteiger partial charge in [-0.15, -0.1) is 11.3 Å². The van der Waals surface area contributed by atoms with E-state index in [0.29, 0.717) is 15.8 Å². The molecule has 0 bridgehead atoms. The number of benzene rings is 1. The van der Waals surface area contributed by atoms with E-state index in [9.17, 15) is 4.79 Å². The molecule has 0 fully saturated rings. The largest absolute Gasteiger partial charge is 0.369 e. The number of amides is 2. The Labute approximate surface area is 124 Å². The molecule has 4 N–H and O–H groups in total. The molecule has 8 heteroatoms. The number of aromatic nitrogens is 1. The molecule has 0 aliphatic heterocycles. The number of urea groups is 1. The van der Waals surface area contributed by atoms with Crippen LogP contribution in [0.15, 0.2) is 34.6 Å². The molecule has 0 aliphatic rings. The van der Waals surface area contributed by atoms with Gasteiger partial charge in [0.2, 0.25) is 11.1 Å². The van der Waals surface area contributed by atoms with Crippen molar-refractivity contribution in [3.05, 3.63) is 40.4 Å². The van der Waals surface area contributed by atoms with Crippen LogP contribution in [0, 0.1) is 6.92 Å². The molecule has 20 heavy (non-hydrogen) atoms. The van der Waals surface area contributed by atoms with Gasteiger partial charge in [0.25, 0.3) is 0 Å². The van der Waals surface area contributed by atoms with Gasteiger partial charge >= 0.3 is 6.03 Å². The monoisotopic (exact) mass is 309 g/mol. The van der Waals surface area contributed by atoms with Crippen LogP contribution in [0.5, 0.6) is 0 Å². The second-order valence-electron chi connectivity index (χ2n) is 3.86. The van der Waals surface area contributed by atoms with Gasteiger partial charge in [0.15, 0.2) is 0 Å². The molecule has 6 nitrogen and oxygen atoms in total. The van der Waals surface area contributed by atoms with Crippen molar-refractivity contribution in [3.8, 4) is 0 Å². The maximum Gasteiger partial charge on any atom is 0.325 e. The van der Waals surface area contributed by atoms with Crippen LogP contribution in [0.3, 0.4) is 0 Å². The average molecular weight is 310 g/mol. The highest BCUT2D eigenvalue weighted by molar-refractivity contribution is 7.13. The van der Waals surface area contributed by atoms with Crippen molar-refractivity contribution in [1.29, 1.82) is 0 Å². The summed E-state index contributed by atoms with van der Waals surface area (Å²) >= 11 is 7.16. The van der Waals surface area contributed by atoms with Crippen molar-refractivity contribution in [2.45, 2.75) is 6.92 Å². The molecule has 1 heterocycles. The number of carbonyl (C=O) groups is 1. The average Bonchev–Trinajstić information content (AvgIpc) is 2.74. The molecule has 0 unspecified atom stereocenters. The minimum atomic E-state index is -0.498. The highest BCUT2D eigenvalue weighted by Gasteiger charge is 2.05. The summed E-state index contributed by atoms with van der Waals surface area (Å²) in [5, 5.41) is 7.86. The van der Waals surface area contributed by atoms with Gasteiger partial charge in [-0.3, -0.25) is 5.32 Å². The zero-order chi connectivity index (χ0) is 14.5. The SMILES string of the molecule is Cc1csc(/N=C(\N)NC(=O)Nc2cccc(Cl)c2)n1. The Bertz CT molecular complexity index is 655.